The number of likely N-dealkylation sites (N-methyl/N-ethyl adjacent to an activating group) is 1. The molecule has 0 bridgehead atoms. The lowest BCUT2D eigenvalue weighted by atomic mass is 10.1. The van der Waals surface area contributed by atoms with Crippen molar-refractivity contribution in [3.05, 3.63) is 54.2 Å². The molecule has 5 heteroatoms. The highest BCUT2D eigenvalue weighted by Gasteiger charge is 2.22. The van der Waals surface area contributed by atoms with Crippen LogP contribution in [0.1, 0.15) is 25.3 Å². The molecule has 1 aromatic heterocycles. The van der Waals surface area contributed by atoms with Gasteiger partial charge < -0.3 is 11.1 Å². The molecule has 0 spiro atoms. The van der Waals surface area contributed by atoms with E-state index in [0.29, 0.717) is 18.5 Å². The maximum absolute atomic E-state index is 6.04. The molecule has 1 atom stereocenters. The number of aromatic nitrogens is 1. The maximum atomic E-state index is 6.04. The molecule has 3 N–H and O–H groups in total. The van der Waals surface area contributed by atoms with Gasteiger partial charge in [-0.25, -0.2) is 4.99 Å². The number of nitrogens with one attached hydrogen (secondary N) is 1. The zero-order chi connectivity index (χ0) is 17.5. The average Bonchev–Trinajstić information content (AvgIpc) is 3.13. The van der Waals surface area contributed by atoms with E-state index in [1.165, 1.54) is 19.4 Å². The Morgan fingerprint density at radius 1 is 1.32 bits per heavy atom. The molecule has 2 heterocycles. The molecular formula is C20H27N5. The van der Waals surface area contributed by atoms with E-state index in [9.17, 15) is 0 Å². The third-order valence-corrected chi connectivity index (χ3v) is 4.74. The lowest BCUT2D eigenvalue weighted by molar-refractivity contribution is 0.267. The topological polar surface area (TPSA) is 66.5 Å². The number of benzene rings is 1. The molecule has 1 saturated heterocycles. The van der Waals surface area contributed by atoms with Crippen molar-refractivity contribution in [1.29, 1.82) is 0 Å². The first-order valence-corrected chi connectivity index (χ1v) is 9.04. The number of aliphatic imine (C=N–C) groups is 1. The molecule has 25 heavy (non-hydrogen) atoms. The molecular weight excluding hydrogens is 310 g/mol. The Labute approximate surface area is 150 Å². The predicted octanol–water partition coefficient (Wildman–Crippen LogP) is 2.64. The fraction of sp³-hybridized carbons (Fsp3) is 0.400. The number of hydrogen-bond acceptors (Lipinski definition) is 3. The van der Waals surface area contributed by atoms with Crippen LogP contribution in [-0.4, -0.2) is 41.5 Å². The van der Waals surface area contributed by atoms with Crippen molar-refractivity contribution in [2.75, 3.05) is 19.6 Å². The number of nitrogens with zero attached hydrogens (tertiary/aromatic N) is 3. The van der Waals surface area contributed by atoms with E-state index < -0.39 is 0 Å². The van der Waals surface area contributed by atoms with Crippen molar-refractivity contribution in [3.8, 4) is 11.3 Å². The molecule has 1 unspecified atom stereocenters. The van der Waals surface area contributed by atoms with Crippen LogP contribution in [0.2, 0.25) is 0 Å². The fourth-order valence-electron chi connectivity index (χ4n) is 3.36. The predicted molar refractivity (Wildman–Crippen MR) is 103 cm³/mol. The van der Waals surface area contributed by atoms with Gasteiger partial charge in [-0.2, -0.15) is 0 Å². The smallest absolute Gasteiger partial charge is 0.188 e. The summed E-state index contributed by atoms with van der Waals surface area (Å²) in [5, 5.41) is 3.28. The van der Waals surface area contributed by atoms with Gasteiger partial charge in [0.25, 0.3) is 0 Å². The minimum absolute atomic E-state index is 0.520. The van der Waals surface area contributed by atoms with Gasteiger partial charge in [0.15, 0.2) is 5.96 Å². The SMILES string of the molecule is CCN1CCCC1CNC(N)=NCc1cccc(-c2ccccn2)c1. The molecule has 0 radical (unpaired) electrons. The second-order valence-electron chi connectivity index (χ2n) is 6.42. The van der Waals surface area contributed by atoms with Crippen LogP contribution in [0.4, 0.5) is 0 Å². The molecule has 3 rings (SSSR count). The van der Waals surface area contributed by atoms with Crippen LogP contribution in [-0.2, 0) is 6.54 Å². The Morgan fingerprint density at radius 2 is 2.24 bits per heavy atom. The zero-order valence-corrected chi connectivity index (χ0v) is 14.9. The second kappa shape index (κ2) is 8.62. The van der Waals surface area contributed by atoms with Gasteiger partial charge in [0.05, 0.1) is 12.2 Å². The zero-order valence-electron chi connectivity index (χ0n) is 14.9. The lowest BCUT2D eigenvalue weighted by Crippen LogP contribution is -2.42. The highest BCUT2D eigenvalue weighted by atomic mass is 15.2. The van der Waals surface area contributed by atoms with Crippen molar-refractivity contribution < 1.29 is 0 Å². The van der Waals surface area contributed by atoms with E-state index in [2.05, 4.69) is 45.3 Å². The molecule has 2 aromatic rings. The normalized spacial score (nSPS) is 18.4. The number of nitrogens with two attached hydrogens (primary N) is 1. The average molecular weight is 337 g/mol. The second-order valence-corrected chi connectivity index (χ2v) is 6.42. The van der Waals surface area contributed by atoms with E-state index in [0.717, 1.165) is 29.9 Å². The Kier molecular flexibility index (Phi) is 6.01. The molecule has 1 aliphatic rings. The van der Waals surface area contributed by atoms with Crippen molar-refractivity contribution in [2.45, 2.75) is 32.4 Å². The van der Waals surface area contributed by atoms with Crippen molar-refractivity contribution in [2.24, 2.45) is 10.7 Å². The van der Waals surface area contributed by atoms with Gasteiger partial charge in [0, 0.05) is 24.3 Å². The van der Waals surface area contributed by atoms with Gasteiger partial charge in [-0.05, 0) is 49.7 Å². The van der Waals surface area contributed by atoms with Gasteiger partial charge in [-0.3, -0.25) is 9.88 Å². The molecule has 1 aliphatic heterocycles. The summed E-state index contributed by atoms with van der Waals surface area (Å²) >= 11 is 0. The highest BCUT2D eigenvalue weighted by molar-refractivity contribution is 5.77. The van der Waals surface area contributed by atoms with Gasteiger partial charge >= 0.3 is 0 Å². The van der Waals surface area contributed by atoms with E-state index in [-0.39, 0.29) is 0 Å². The molecule has 1 fully saturated rings. The van der Waals surface area contributed by atoms with Crippen LogP contribution in [0.15, 0.2) is 53.7 Å². The largest absolute Gasteiger partial charge is 0.370 e. The first-order chi connectivity index (χ1) is 12.3. The number of rotatable bonds is 6. The quantitative estimate of drug-likeness (QED) is 0.628. The molecule has 132 valence electrons. The molecule has 1 aromatic carbocycles. The Bertz CT molecular complexity index is 698. The molecule has 0 amide bonds. The maximum Gasteiger partial charge on any atom is 0.188 e. The van der Waals surface area contributed by atoms with Crippen LogP contribution in [0, 0.1) is 0 Å². The minimum atomic E-state index is 0.520. The van der Waals surface area contributed by atoms with Crippen molar-refractivity contribution in [3.63, 3.8) is 0 Å². The number of hydrogen-bond donors (Lipinski definition) is 2. The van der Waals surface area contributed by atoms with Crippen molar-refractivity contribution in [1.82, 2.24) is 15.2 Å². The van der Waals surface area contributed by atoms with E-state index in [1.54, 1.807) is 0 Å². The summed E-state index contributed by atoms with van der Waals surface area (Å²) in [4.78, 5) is 11.4. The monoisotopic (exact) mass is 337 g/mol. The number of likely N-dealkylation sites (tertiary alicyclic amines) is 1. The highest BCUT2D eigenvalue weighted by Crippen LogP contribution is 2.18. The van der Waals surface area contributed by atoms with Gasteiger partial charge in [-0.15, -0.1) is 0 Å². The summed E-state index contributed by atoms with van der Waals surface area (Å²) in [6, 6.07) is 14.8. The third kappa shape index (κ3) is 4.79. The van der Waals surface area contributed by atoms with Crippen LogP contribution >= 0.6 is 0 Å². The Hall–Kier alpha value is -2.40. The summed E-state index contributed by atoms with van der Waals surface area (Å²) in [5.41, 5.74) is 9.25. The molecule has 0 aliphatic carbocycles. The first kappa shape index (κ1) is 17.4. The minimum Gasteiger partial charge on any atom is -0.370 e. The Balaban J connectivity index is 1.56. The summed E-state index contributed by atoms with van der Waals surface area (Å²) < 4.78 is 0. The molecule has 5 nitrogen and oxygen atoms in total. The summed E-state index contributed by atoms with van der Waals surface area (Å²) in [6.07, 6.45) is 4.32. The Morgan fingerprint density at radius 3 is 3.04 bits per heavy atom. The van der Waals surface area contributed by atoms with Gasteiger partial charge in [-0.1, -0.05) is 31.2 Å². The van der Waals surface area contributed by atoms with E-state index in [4.69, 9.17) is 5.73 Å². The first-order valence-electron chi connectivity index (χ1n) is 9.04. The summed E-state index contributed by atoms with van der Waals surface area (Å²) in [7, 11) is 0. The van der Waals surface area contributed by atoms with E-state index in [1.807, 2.05) is 30.5 Å². The number of pyridine rings is 1. The van der Waals surface area contributed by atoms with Gasteiger partial charge in [0.1, 0.15) is 0 Å². The summed E-state index contributed by atoms with van der Waals surface area (Å²) in [5.74, 6) is 0.520. The lowest BCUT2D eigenvalue weighted by Gasteiger charge is -2.23. The van der Waals surface area contributed by atoms with Gasteiger partial charge in [0.2, 0.25) is 0 Å². The molecule has 0 saturated carbocycles. The van der Waals surface area contributed by atoms with Crippen LogP contribution in [0.5, 0.6) is 0 Å². The fourth-order valence-corrected chi connectivity index (χ4v) is 3.36. The van der Waals surface area contributed by atoms with E-state index >= 15 is 0 Å². The standard InChI is InChI=1S/C20H27N5/c1-2-25-12-6-9-18(25)15-24-20(21)23-14-16-7-5-8-17(13-16)19-10-3-4-11-22-19/h3-5,7-8,10-11,13,18H,2,6,9,12,14-15H2,1H3,(H3,21,23,24). The number of guanidine groups is 1. The van der Waals surface area contributed by atoms with Crippen LogP contribution < -0.4 is 11.1 Å². The summed E-state index contributed by atoms with van der Waals surface area (Å²) in [6.45, 7) is 5.95. The van der Waals surface area contributed by atoms with Crippen LogP contribution in [0.25, 0.3) is 11.3 Å². The van der Waals surface area contributed by atoms with Crippen molar-refractivity contribution >= 4 is 5.96 Å². The van der Waals surface area contributed by atoms with Crippen LogP contribution in [0.3, 0.4) is 0 Å². The third-order valence-electron chi connectivity index (χ3n) is 4.74.